The third kappa shape index (κ3) is 6.07. The molecule has 0 N–H and O–H groups in total. The first-order chi connectivity index (χ1) is 14.8. The van der Waals surface area contributed by atoms with Gasteiger partial charge in [-0.15, -0.1) is 0 Å². The van der Waals surface area contributed by atoms with E-state index < -0.39 is 23.9 Å². The Bertz CT molecular complexity index is 899. The molecule has 9 heteroatoms. The molecule has 2 aliphatic heterocycles. The second-order valence-corrected chi connectivity index (χ2v) is 11.8. The molecule has 2 heterocycles. The zero-order valence-corrected chi connectivity index (χ0v) is 22.9. The Hall–Kier alpha value is -1.09. The Morgan fingerprint density at radius 3 is 2.22 bits per heavy atom. The molecule has 1 aromatic rings. The first-order valence-corrected chi connectivity index (χ1v) is 14.2. The van der Waals surface area contributed by atoms with E-state index >= 15 is 0 Å². The van der Waals surface area contributed by atoms with Crippen LogP contribution in [0.2, 0.25) is 0 Å². The number of hydrogen-bond acceptors (Lipinski definition) is 6. The van der Waals surface area contributed by atoms with Gasteiger partial charge in [0.2, 0.25) is 0 Å². The minimum Gasteiger partial charge on any atom is -0.444 e. The van der Waals surface area contributed by atoms with Crippen LogP contribution >= 0.6 is 30.1 Å². The van der Waals surface area contributed by atoms with Crippen LogP contribution in [0.5, 0.6) is 0 Å². The molecule has 0 spiro atoms. The fourth-order valence-electron chi connectivity index (χ4n) is 3.56. The van der Waals surface area contributed by atoms with Crippen LogP contribution in [-0.2, 0) is 14.0 Å². The molecule has 1 aromatic carbocycles. The molecule has 1 amide bonds. The van der Waals surface area contributed by atoms with Crippen molar-refractivity contribution >= 4 is 54.5 Å². The molecule has 2 fully saturated rings. The van der Waals surface area contributed by atoms with Gasteiger partial charge in [-0.25, -0.2) is 4.79 Å². The summed E-state index contributed by atoms with van der Waals surface area (Å²) in [5.74, 6) is 3.22. The summed E-state index contributed by atoms with van der Waals surface area (Å²) in [6, 6.07) is 6.26. The number of carbonyl (C=O) groups excluding carboxylic acids is 1. The third-order valence-electron chi connectivity index (χ3n) is 6.00. The van der Waals surface area contributed by atoms with Gasteiger partial charge in [-0.2, -0.15) is 0 Å². The SMILES string of the molecule is CC(C)(C)OC(=O)N1CCN(c2cc(C#CSI)cc(B3OC(C)(C)C(C)(C)O3)c2)CC1. The summed E-state index contributed by atoms with van der Waals surface area (Å²) in [5, 5.41) is 3.07. The van der Waals surface area contributed by atoms with E-state index in [1.54, 1.807) is 4.90 Å². The Morgan fingerprint density at radius 2 is 1.69 bits per heavy atom. The van der Waals surface area contributed by atoms with Gasteiger partial charge >= 0.3 is 13.2 Å². The van der Waals surface area contributed by atoms with Crippen molar-refractivity contribution in [2.45, 2.75) is 65.3 Å². The normalized spacial score (nSPS) is 20.1. The van der Waals surface area contributed by atoms with Crippen LogP contribution in [0.25, 0.3) is 0 Å². The van der Waals surface area contributed by atoms with E-state index in [9.17, 15) is 4.79 Å². The highest BCUT2D eigenvalue weighted by Crippen LogP contribution is 2.36. The van der Waals surface area contributed by atoms with Gasteiger partial charge in [0.05, 0.1) is 11.2 Å². The summed E-state index contributed by atoms with van der Waals surface area (Å²) < 4.78 is 18.1. The van der Waals surface area contributed by atoms with Crippen LogP contribution in [0, 0.1) is 11.2 Å². The van der Waals surface area contributed by atoms with Crippen molar-refractivity contribution in [2.24, 2.45) is 0 Å². The lowest BCUT2D eigenvalue weighted by molar-refractivity contribution is 0.00578. The predicted octanol–water partition coefficient (Wildman–Crippen LogP) is 4.44. The second-order valence-electron chi connectivity index (χ2n) is 10.2. The fourth-order valence-corrected chi connectivity index (χ4v) is 4.04. The Labute approximate surface area is 208 Å². The number of hydrogen-bond donors (Lipinski definition) is 0. The lowest BCUT2D eigenvalue weighted by atomic mass is 9.78. The largest absolute Gasteiger partial charge is 0.494 e. The summed E-state index contributed by atoms with van der Waals surface area (Å²) in [6.45, 7) is 16.6. The first-order valence-electron chi connectivity index (χ1n) is 10.8. The van der Waals surface area contributed by atoms with E-state index in [2.05, 4.69) is 77.1 Å². The quantitative estimate of drug-likeness (QED) is 0.298. The lowest BCUT2D eigenvalue weighted by Gasteiger charge is -2.37. The number of carbonyl (C=O) groups is 1. The van der Waals surface area contributed by atoms with Crippen molar-refractivity contribution in [3.63, 3.8) is 0 Å². The number of rotatable bonds is 2. The van der Waals surface area contributed by atoms with Crippen molar-refractivity contribution in [1.82, 2.24) is 4.90 Å². The summed E-state index contributed by atoms with van der Waals surface area (Å²) in [7, 11) is 1.01. The van der Waals surface area contributed by atoms with Crippen LogP contribution in [0.1, 0.15) is 54.0 Å². The Balaban J connectivity index is 1.80. The number of piperazine rings is 1. The molecule has 0 aliphatic carbocycles. The number of amides is 1. The topological polar surface area (TPSA) is 51.2 Å². The maximum Gasteiger partial charge on any atom is 0.494 e. The van der Waals surface area contributed by atoms with Crippen molar-refractivity contribution < 1.29 is 18.8 Å². The molecule has 0 bridgehead atoms. The van der Waals surface area contributed by atoms with E-state index in [0.717, 1.165) is 29.8 Å². The summed E-state index contributed by atoms with van der Waals surface area (Å²) in [5.41, 5.74) is 1.64. The van der Waals surface area contributed by atoms with E-state index in [4.69, 9.17) is 14.0 Å². The van der Waals surface area contributed by atoms with Crippen LogP contribution in [-0.4, -0.2) is 61.1 Å². The molecule has 32 heavy (non-hydrogen) atoms. The van der Waals surface area contributed by atoms with Crippen LogP contribution in [0.15, 0.2) is 18.2 Å². The molecule has 0 unspecified atom stereocenters. The molecule has 6 nitrogen and oxygen atoms in total. The van der Waals surface area contributed by atoms with Gasteiger partial charge in [-0.3, -0.25) is 0 Å². The highest BCUT2D eigenvalue weighted by molar-refractivity contribution is 14.2. The van der Waals surface area contributed by atoms with Gasteiger partial charge < -0.3 is 23.8 Å². The van der Waals surface area contributed by atoms with Crippen molar-refractivity contribution in [3.05, 3.63) is 23.8 Å². The third-order valence-corrected chi connectivity index (χ3v) is 6.84. The Morgan fingerprint density at radius 1 is 1.09 bits per heavy atom. The van der Waals surface area contributed by atoms with Crippen molar-refractivity contribution in [2.75, 3.05) is 31.1 Å². The van der Waals surface area contributed by atoms with E-state index in [-0.39, 0.29) is 6.09 Å². The van der Waals surface area contributed by atoms with Gasteiger partial charge in [0.1, 0.15) is 5.60 Å². The second kappa shape index (κ2) is 9.65. The molecule has 174 valence electrons. The molecular weight excluding hydrogens is 538 g/mol. The van der Waals surface area contributed by atoms with Gasteiger partial charge in [-0.05, 0) is 86.3 Å². The smallest absolute Gasteiger partial charge is 0.444 e. The minimum absolute atomic E-state index is 0.256. The molecule has 0 radical (unpaired) electrons. The van der Waals surface area contributed by atoms with Gasteiger partial charge in [0.15, 0.2) is 0 Å². The highest BCUT2D eigenvalue weighted by Gasteiger charge is 2.51. The van der Waals surface area contributed by atoms with E-state index in [0.29, 0.717) is 13.1 Å². The molecule has 3 rings (SSSR count). The van der Waals surface area contributed by atoms with Crippen LogP contribution < -0.4 is 10.4 Å². The zero-order valence-electron chi connectivity index (χ0n) is 20.0. The van der Waals surface area contributed by atoms with Crippen LogP contribution in [0.4, 0.5) is 10.5 Å². The summed E-state index contributed by atoms with van der Waals surface area (Å²) >= 11 is 2.17. The van der Waals surface area contributed by atoms with Gasteiger partial charge in [0.25, 0.3) is 0 Å². The number of benzene rings is 1. The average Bonchev–Trinajstić information content (AvgIpc) is 2.92. The Kier molecular flexibility index (Phi) is 7.70. The number of anilines is 1. The molecule has 2 saturated heterocycles. The maximum absolute atomic E-state index is 12.4. The van der Waals surface area contributed by atoms with Gasteiger partial charge in [0, 0.05) is 58.6 Å². The predicted molar refractivity (Wildman–Crippen MR) is 141 cm³/mol. The molecule has 0 saturated carbocycles. The van der Waals surface area contributed by atoms with Crippen LogP contribution in [0.3, 0.4) is 0 Å². The van der Waals surface area contributed by atoms with E-state index in [1.165, 1.54) is 8.93 Å². The van der Waals surface area contributed by atoms with Gasteiger partial charge in [-0.1, -0.05) is 5.92 Å². The van der Waals surface area contributed by atoms with Crippen molar-refractivity contribution in [1.29, 1.82) is 0 Å². The molecular formula is C23H32BIN2O4S. The molecule has 0 atom stereocenters. The molecule has 0 aromatic heterocycles. The molecule has 2 aliphatic rings. The number of nitrogens with zero attached hydrogens (tertiary/aromatic N) is 2. The maximum atomic E-state index is 12.4. The van der Waals surface area contributed by atoms with Crippen molar-refractivity contribution in [3.8, 4) is 11.2 Å². The minimum atomic E-state index is -0.490. The first kappa shape index (κ1) is 25.5. The highest BCUT2D eigenvalue weighted by atomic mass is 127. The monoisotopic (exact) mass is 570 g/mol. The average molecular weight is 570 g/mol. The number of halogens is 1. The summed E-state index contributed by atoms with van der Waals surface area (Å²) in [4.78, 5) is 16.5. The fraction of sp³-hybridized carbons (Fsp3) is 0.609. The summed E-state index contributed by atoms with van der Waals surface area (Å²) in [6.07, 6.45) is -0.256. The lowest BCUT2D eigenvalue weighted by Crippen LogP contribution is -2.50. The van der Waals surface area contributed by atoms with E-state index in [1.807, 2.05) is 26.8 Å². The standard InChI is InChI=1S/C23H32BIN2O4S/c1-21(2,3)29-20(28)27-11-9-26(10-12-27)19-15-17(8-13-32-25)14-18(16-19)24-30-22(4,5)23(6,7)31-24/h14-16H,9-12H2,1-7H3. The zero-order chi connectivity index (χ0) is 23.7. The number of ether oxygens (including phenoxy) is 1.